The summed E-state index contributed by atoms with van der Waals surface area (Å²) < 4.78 is 7.63. The van der Waals surface area contributed by atoms with Crippen LogP contribution in [0, 0.1) is 0 Å². The van der Waals surface area contributed by atoms with E-state index >= 15 is 0 Å². The van der Waals surface area contributed by atoms with E-state index in [1.54, 1.807) is 22.9 Å². The van der Waals surface area contributed by atoms with Crippen molar-refractivity contribution in [2.75, 3.05) is 10.7 Å². The van der Waals surface area contributed by atoms with Crippen LogP contribution in [0.3, 0.4) is 0 Å². The van der Waals surface area contributed by atoms with Crippen molar-refractivity contribution in [3.63, 3.8) is 0 Å². The number of para-hydroxylation sites is 1. The van der Waals surface area contributed by atoms with Gasteiger partial charge in [-0.05, 0) is 55.3 Å². The Balaban J connectivity index is 1.29. The zero-order chi connectivity index (χ0) is 22.4. The van der Waals surface area contributed by atoms with Crippen molar-refractivity contribution >= 4 is 52.4 Å². The molecular formula is C24H19ClN4O2S2. The minimum atomic E-state index is -0.0308. The van der Waals surface area contributed by atoms with Crippen molar-refractivity contribution in [3.8, 4) is 0 Å². The number of furan rings is 1. The fourth-order valence-corrected chi connectivity index (χ4v) is 5.94. The second-order valence-electron chi connectivity index (χ2n) is 7.98. The lowest BCUT2D eigenvalue weighted by Crippen LogP contribution is -2.30. The summed E-state index contributed by atoms with van der Waals surface area (Å²) in [6.45, 7) is 0.560. The number of hydrogen-bond acceptors (Lipinski definition) is 6. The van der Waals surface area contributed by atoms with E-state index in [0.717, 1.165) is 50.7 Å². The summed E-state index contributed by atoms with van der Waals surface area (Å²) in [6, 6.07) is 17.4. The van der Waals surface area contributed by atoms with Crippen LogP contribution in [-0.4, -0.2) is 26.4 Å². The molecule has 2 aliphatic rings. The van der Waals surface area contributed by atoms with Crippen molar-refractivity contribution in [1.82, 2.24) is 14.8 Å². The molecule has 2 aromatic heterocycles. The highest BCUT2D eigenvalue weighted by Gasteiger charge is 2.32. The number of benzene rings is 2. The van der Waals surface area contributed by atoms with Gasteiger partial charge in [-0.15, -0.1) is 10.2 Å². The van der Waals surface area contributed by atoms with E-state index in [2.05, 4.69) is 14.8 Å². The number of halogens is 1. The van der Waals surface area contributed by atoms with Crippen LogP contribution in [-0.2, 0) is 11.3 Å². The third kappa shape index (κ3) is 4.07. The topological polar surface area (TPSA) is 64.2 Å². The SMILES string of the molecule is O=C(CSc1nnc(C2CC2)n1Cc1ccco1)N1c2ccccc2Sc2ccc(Cl)cc21. The van der Waals surface area contributed by atoms with E-state index in [1.807, 2.05) is 54.6 Å². The fourth-order valence-electron chi connectivity index (χ4n) is 3.94. The van der Waals surface area contributed by atoms with E-state index in [4.69, 9.17) is 16.0 Å². The highest BCUT2D eigenvalue weighted by Crippen LogP contribution is 2.49. The smallest absolute Gasteiger partial charge is 0.242 e. The number of thioether (sulfide) groups is 1. The molecule has 0 atom stereocenters. The molecular weight excluding hydrogens is 476 g/mol. The van der Waals surface area contributed by atoms with Crippen molar-refractivity contribution in [2.45, 2.75) is 40.3 Å². The normalized spacial score (nSPS) is 14.8. The predicted molar refractivity (Wildman–Crippen MR) is 130 cm³/mol. The van der Waals surface area contributed by atoms with Gasteiger partial charge in [-0.3, -0.25) is 14.3 Å². The van der Waals surface area contributed by atoms with Gasteiger partial charge >= 0.3 is 0 Å². The number of carbonyl (C=O) groups excluding carboxylic acids is 1. The van der Waals surface area contributed by atoms with Gasteiger partial charge in [0, 0.05) is 20.7 Å². The van der Waals surface area contributed by atoms with Crippen LogP contribution in [0.25, 0.3) is 0 Å². The van der Waals surface area contributed by atoms with Gasteiger partial charge in [-0.2, -0.15) is 0 Å². The Hall–Kier alpha value is -2.68. The highest BCUT2D eigenvalue weighted by atomic mass is 35.5. The number of anilines is 2. The molecule has 6 rings (SSSR count). The summed E-state index contributed by atoms with van der Waals surface area (Å²) in [5.74, 6) is 2.45. The first-order valence-corrected chi connectivity index (χ1v) is 12.8. The maximum Gasteiger partial charge on any atom is 0.242 e. The molecule has 0 N–H and O–H groups in total. The van der Waals surface area contributed by atoms with E-state index in [-0.39, 0.29) is 11.7 Å². The quantitative estimate of drug-likeness (QED) is 0.290. The lowest BCUT2D eigenvalue weighted by Gasteiger charge is -2.31. The van der Waals surface area contributed by atoms with Gasteiger partial charge in [0.05, 0.1) is 29.9 Å². The molecule has 4 aromatic rings. The molecule has 1 aliphatic heterocycles. The van der Waals surface area contributed by atoms with Crippen molar-refractivity contribution in [3.05, 3.63) is 77.5 Å². The molecule has 0 unspecified atom stereocenters. The van der Waals surface area contributed by atoms with E-state index in [0.29, 0.717) is 17.5 Å². The average Bonchev–Trinajstić information content (AvgIpc) is 3.39. The minimum Gasteiger partial charge on any atom is -0.467 e. The average molecular weight is 495 g/mol. The number of fused-ring (bicyclic) bond motifs is 2. The Morgan fingerprint density at radius 3 is 2.76 bits per heavy atom. The lowest BCUT2D eigenvalue weighted by molar-refractivity contribution is -0.115. The van der Waals surface area contributed by atoms with Crippen LogP contribution in [0.1, 0.15) is 30.3 Å². The molecule has 1 aliphatic carbocycles. The number of hydrogen-bond donors (Lipinski definition) is 0. The van der Waals surface area contributed by atoms with Crippen LogP contribution in [0.5, 0.6) is 0 Å². The molecule has 9 heteroatoms. The second-order valence-corrected chi connectivity index (χ2v) is 10.4. The van der Waals surface area contributed by atoms with Gasteiger partial charge in [-0.25, -0.2) is 0 Å². The monoisotopic (exact) mass is 494 g/mol. The Labute approximate surface area is 204 Å². The molecule has 33 heavy (non-hydrogen) atoms. The Kier molecular flexibility index (Phi) is 5.44. The second kappa shape index (κ2) is 8.59. The summed E-state index contributed by atoms with van der Waals surface area (Å²) in [5, 5.41) is 10.2. The molecule has 1 amide bonds. The first-order chi connectivity index (χ1) is 16.2. The third-order valence-electron chi connectivity index (χ3n) is 5.64. The summed E-state index contributed by atoms with van der Waals surface area (Å²) >= 11 is 9.35. The van der Waals surface area contributed by atoms with Crippen molar-refractivity contribution in [2.24, 2.45) is 0 Å². The first-order valence-electron chi connectivity index (χ1n) is 10.6. The van der Waals surface area contributed by atoms with Gasteiger partial charge in [0.2, 0.25) is 5.91 Å². The number of rotatable bonds is 6. The predicted octanol–water partition coefficient (Wildman–Crippen LogP) is 6.37. The molecule has 0 radical (unpaired) electrons. The number of carbonyl (C=O) groups is 1. The summed E-state index contributed by atoms with van der Waals surface area (Å²) in [6.07, 6.45) is 3.92. The van der Waals surface area contributed by atoms with Gasteiger partial charge in [0.25, 0.3) is 0 Å². The van der Waals surface area contributed by atoms with Crippen molar-refractivity contribution in [1.29, 1.82) is 0 Å². The summed E-state index contributed by atoms with van der Waals surface area (Å²) in [4.78, 5) is 17.4. The van der Waals surface area contributed by atoms with Gasteiger partial charge in [0.15, 0.2) is 5.16 Å². The fraction of sp³-hybridized carbons (Fsp3) is 0.208. The lowest BCUT2D eigenvalue weighted by atomic mass is 10.2. The Morgan fingerprint density at radius 2 is 1.94 bits per heavy atom. The maximum absolute atomic E-state index is 13.6. The van der Waals surface area contributed by atoms with E-state index < -0.39 is 0 Å². The zero-order valence-corrected chi connectivity index (χ0v) is 19.9. The molecule has 0 saturated heterocycles. The highest BCUT2D eigenvalue weighted by molar-refractivity contribution is 8.00. The number of nitrogens with zero attached hydrogens (tertiary/aromatic N) is 4. The van der Waals surface area contributed by atoms with Crippen LogP contribution >= 0.6 is 35.1 Å². The maximum atomic E-state index is 13.6. The molecule has 3 heterocycles. The molecule has 6 nitrogen and oxygen atoms in total. The first kappa shape index (κ1) is 20.9. The van der Waals surface area contributed by atoms with Crippen LogP contribution < -0.4 is 4.90 Å². The molecule has 2 aromatic carbocycles. The van der Waals surface area contributed by atoms with Crippen LogP contribution in [0.4, 0.5) is 11.4 Å². The van der Waals surface area contributed by atoms with E-state index in [9.17, 15) is 4.79 Å². The standard InChI is InChI=1S/C24H19ClN4O2S2/c25-16-9-10-21-19(12-16)29(18-5-1-2-6-20(18)33-21)22(30)14-32-24-27-26-23(15-7-8-15)28(24)13-17-4-3-11-31-17/h1-6,9-12,15H,7-8,13-14H2. The van der Waals surface area contributed by atoms with Crippen LogP contribution in [0.15, 0.2) is 80.2 Å². The zero-order valence-electron chi connectivity index (χ0n) is 17.5. The van der Waals surface area contributed by atoms with Gasteiger partial charge < -0.3 is 4.42 Å². The molecule has 1 saturated carbocycles. The third-order valence-corrected chi connectivity index (χ3v) is 7.96. The Morgan fingerprint density at radius 1 is 1.09 bits per heavy atom. The largest absolute Gasteiger partial charge is 0.467 e. The van der Waals surface area contributed by atoms with Crippen molar-refractivity contribution < 1.29 is 9.21 Å². The molecule has 1 fully saturated rings. The summed E-state index contributed by atoms with van der Waals surface area (Å²) in [7, 11) is 0. The van der Waals surface area contributed by atoms with Crippen LogP contribution in [0.2, 0.25) is 5.02 Å². The van der Waals surface area contributed by atoms with Gasteiger partial charge in [0.1, 0.15) is 11.6 Å². The molecule has 166 valence electrons. The molecule has 0 bridgehead atoms. The molecule has 0 spiro atoms. The number of aromatic nitrogens is 3. The van der Waals surface area contributed by atoms with E-state index in [1.165, 1.54) is 11.8 Å². The Bertz CT molecular complexity index is 1330. The minimum absolute atomic E-state index is 0.0308. The number of amides is 1. The summed E-state index contributed by atoms with van der Waals surface area (Å²) in [5.41, 5.74) is 1.69. The van der Waals surface area contributed by atoms with Gasteiger partial charge in [-0.1, -0.05) is 47.3 Å².